The fourth-order valence-electron chi connectivity index (χ4n) is 3.99. The molecule has 0 aliphatic heterocycles. The van der Waals surface area contributed by atoms with Gasteiger partial charge in [-0.05, 0) is 73.7 Å². The minimum absolute atomic E-state index is 0.316. The van der Waals surface area contributed by atoms with Crippen molar-refractivity contribution in [3.63, 3.8) is 0 Å². The molecule has 0 aliphatic carbocycles. The Balaban J connectivity index is 1.47. The van der Waals surface area contributed by atoms with E-state index in [9.17, 15) is 8.42 Å². The lowest BCUT2D eigenvalue weighted by Gasteiger charge is -2.12. The Morgan fingerprint density at radius 3 is 2.44 bits per heavy atom. The Morgan fingerprint density at radius 1 is 0.938 bits per heavy atom. The van der Waals surface area contributed by atoms with Gasteiger partial charge in [0.05, 0.1) is 15.9 Å². The van der Waals surface area contributed by atoms with Gasteiger partial charge in [-0.1, -0.05) is 43.3 Å². The molecule has 5 nitrogen and oxygen atoms in total. The molecular formula is C26H29N3O2S. The summed E-state index contributed by atoms with van der Waals surface area (Å²) in [5.74, 6) is 1.09. The fraction of sp³-hybridized carbons (Fsp3) is 0.269. The number of rotatable bonds is 8. The summed E-state index contributed by atoms with van der Waals surface area (Å²) < 4.78 is 30.7. The van der Waals surface area contributed by atoms with Crippen LogP contribution in [-0.4, -0.2) is 18.0 Å². The van der Waals surface area contributed by atoms with E-state index in [0.29, 0.717) is 10.6 Å². The van der Waals surface area contributed by atoms with Crippen molar-refractivity contribution in [1.82, 2.24) is 9.55 Å². The number of nitrogens with one attached hydrogen (secondary N) is 1. The second-order valence-corrected chi connectivity index (χ2v) is 9.89. The number of anilines is 1. The first-order valence-corrected chi connectivity index (χ1v) is 12.5. The van der Waals surface area contributed by atoms with E-state index in [1.54, 1.807) is 6.07 Å². The summed E-state index contributed by atoms with van der Waals surface area (Å²) in [6.45, 7) is 6.83. The average molecular weight is 448 g/mol. The topological polar surface area (TPSA) is 64.0 Å². The highest BCUT2D eigenvalue weighted by Crippen LogP contribution is 2.22. The average Bonchev–Trinajstić information content (AvgIpc) is 3.12. The second-order valence-electron chi connectivity index (χ2n) is 8.24. The molecular weight excluding hydrogens is 418 g/mol. The van der Waals surface area contributed by atoms with Crippen molar-refractivity contribution >= 4 is 26.7 Å². The third-order valence-corrected chi connectivity index (χ3v) is 7.18. The van der Waals surface area contributed by atoms with Crippen LogP contribution in [0.5, 0.6) is 0 Å². The number of para-hydroxylation sites is 2. The number of imidazole rings is 1. The Kier molecular flexibility index (Phi) is 6.33. The van der Waals surface area contributed by atoms with E-state index < -0.39 is 10.0 Å². The van der Waals surface area contributed by atoms with Gasteiger partial charge < -0.3 is 4.57 Å². The number of hydrogen-bond donors (Lipinski definition) is 1. The van der Waals surface area contributed by atoms with Crippen LogP contribution < -0.4 is 4.72 Å². The normalized spacial score (nSPS) is 11.7. The van der Waals surface area contributed by atoms with E-state index in [0.717, 1.165) is 53.8 Å². The summed E-state index contributed by atoms with van der Waals surface area (Å²) in [4.78, 5) is 5.15. The van der Waals surface area contributed by atoms with Crippen molar-refractivity contribution in [2.24, 2.45) is 0 Å². The number of hydrogen-bond acceptors (Lipinski definition) is 3. The van der Waals surface area contributed by atoms with Crippen molar-refractivity contribution in [1.29, 1.82) is 0 Å². The van der Waals surface area contributed by atoms with E-state index >= 15 is 0 Å². The maximum absolute atomic E-state index is 12.8. The molecule has 0 saturated carbocycles. The van der Waals surface area contributed by atoms with Crippen LogP contribution in [0.1, 0.15) is 35.9 Å². The van der Waals surface area contributed by atoms with Crippen LogP contribution in [-0.2, 0) is 29.4 Å². The predicted octanol–water partition coefficient (Wildman–Crippen LogP) is 5.65. The van der Waals surface area contributed by atoms with Gasteiger partial charge in [-0.3, -0.25) is 4.72 Å². The van der Waals surface area contributed by atoms with Gasteiger partial charge in [0, 0.05) is 18.7 Å². The molecule has 1 heterocycles. The van der Waals surface area contributed by atoms with Crippen molar-refractivity contribution in [3.05, 3.63) is 89.2 Å². The van der Waals surface area contributed by atoms with Crippen molar-refractivity contribution in [2.45, 2.75) is 51.5 Å². The molecule has 0 fully saturated rings. The van der Waals surface area contributed by atoms with Gasteiger partial charge >= 0.3 is 0 Å². The monoisotopic (exact) mass is 447 g/mol. The Bertz CT molecular complexity index is 1340. The molecule has 0 bridgehead atoms. The summed E-state index contributed by atoms with van der Waals surface area (Å²) in [7, 11) is -3.62. The minimum atomic E-state index is -3.62. The molecule has 166 valence electrons. The van der Waals surface area contributed by atoms with E-state index in [1.165, 1.54) is 5.52 Å². The standard InChI is InChI=1S/C26H29N3O2S/c1-4-17-29-24-8-6-5-7-23(24)27-26(29)16-13-21-11-14-22(15-12-21)28-32(30,31)25-18-19(2)9-10-20(25)3/h5-12,14-15,18,28H,4,13,16-17H2,1-3H3. The molecule has 32 heavy (non-hydrogen) atoms. The largest absolute Gasteiger partial charge is 0.328 e. The molecule has 1 aromatic heterocycles. The Labute approximate surface area is 190 Å². The molecule has 0 saturated heterocycles. The lowest BCUT2D eigenvalue weighted by atomic mass is 10.1. The molecule has 0 spiro atoms. The molecule has 4 rings (SSSR count). The van der Waals surface area contributed by atoms with Gasteiger partial charge in [-0.25, -0.2) is 13.4 Å². The van der Waals surface area contributed by atoms with Gasteiger partial charge in [-0.2, -0.15) is 0 Å². The fourth-order valence-corrected chi connectivity index (χ4v) is 5.38. The third kappa shape index (κ3) is 4.70. The summed E-state index contributed by atoms with van der Waals surface area (Å²) in [6, 6.07) is 21.3. The van der Waals surface area contributed by atoms with E-state index in [1.807, 2.05) is 56.3 Å². The number of aryl methyl sites for hydroxylation is 5. The molecule has 4 aromatic rings. The molecule has 3 aromatic carbocycles. The first-order valence-electron chi connectivity index (χ1n) is 11.0. The maximum Gasteiger partial charge on any atom is 0.262 e. The van der Waals surface area contributed by atoms with Gasteiger partial charge in [0.2, 0.25) is 0 Å². The summed E-state index contributed by atoms with van der Waals surface area (Å²) in [6.07, 6.45) is 2.74. The zero-order chi connectivity index (χ0) is 22.7. The zero-order valence-corrected chi connectivity index (χ0v) is 19.6. The number of benzene rings is 3. The SMILES string of the molecule is CCCn1c(CCc2ccc(NS(=O)(=O)c3cc(C)ccc3C)cc2)nc2ccccc21. The van der Waals surface area contributed by atoms with Crippen molar-refractivity contribution < 1.29 is 8.42 Å². The van der Waals surface area contributed by atoms with Crippen molar-refractivity contribution in [3.8, 4) is 0 Å². The molecule has 0 atom stereocenters. The summed E-state index contributed by atoms with van der Waals surface area (Å²) in [5.41, 5.74) is 5.57. The highest BCUT2D eigenvalue weighted by molar-refractivity contribution is 7.92. The summed E-state index contributed by atoms with van der Waals surface area (Å²) in [5, 5.41) is 0. The predicted molar refractivity (Wildman–Crippen MR) is 131 cm³/mol. The molecule has 1 N–H and O–H groups in total. The second kappa shape index (κ2) is 9.17. The van der Waals surface area contributed by atoms with Gasteiger partial charge in [-0.15, -0.1) is 0 Å². The highest BCUT2D eigenvalue weighted by Gasteiger charge is 2.17. The van der Waals surface area contributed by atoms with Crippen LogP contribution in [0.3, 0.4) is 0 Å². The number of aromatic nitrogens is 2. The molecule has 0 radical (unpaired) electrons. The number of sulfonamides is 1. The third-order valence-electron chi connectivity index (χ3n) is 5.66. The lowest BCUT2D eigenvalue weighted by Crippen LogP contribution is -2.14. The smallest absolute Gasteiger partial charge is 0.262 e. The molecule has 0 aliphatic rings. The first-order chi connectivity index (χ1) is 15.4. The number of fused-ring (bicyclic) bond motifs is 1. The minimum Gasteiger partial charge on any atom is -0.328 e. The van der Waals surface area contributed by atoms with Crippen LogP contribution in [0.4, 0.5) is 5.69 Å². The van der Waals surface area contributed by atoms with E-state index in [4.69, 9.17) is 4.98 Å². The molecule has 0 amide bonds. The van der Waals surface area contributed by atoms with Crippen LogP contribution in [0, 0.1) is 13.8 Å². The van der Waals surface area contributed by atoms with Gasteiger partial charge in [0.1, 0.15) is 5.82 Å². The number of nitrogens with zero attached hydrogens (tertiary/aromatic N) is 2. The Hall–Kier alpha value is -3.12. The van der Waals surface area contributed by atoms with Crippen LogP contribution in [0.15, 0.2) is 71.6 Å². The molecule has 0 unspecified atom stereocenters. The summed E-state index contributed by atoms with van der Waals surface area (Å²) >= 11 is 0. The lowest BCUT2D eigenvalue weighted by molar-refractivity contribution is 0.600. The van der Waals surface area contributed by atoms with E-state index in [-0.39, 0.29) is 0 Å². The maximum atomic E-state index is 12.8. The zero-order valence-electron chi connectivity index (χ0n) is 18.8. The van der Waals surface area contributed by atoms with Crippen LogP contribution >= 0.6 is 0 Å². The molecule has 6 heteroatoms. The highest BCUT2D eigenvalue weighted by atomic mass is 32.2. The van der Waals surface area contributed by atoms with Crippen LogP contribution in [0.2, 0.25) is 0 Å². The van der Waals surface area contributed by atoms with Crippen molar-refractivity contribution in [2.75, 3.05) is 4.72 Å². The van der Waals surface area contributed by atoms with Gasteiger partial charge in [0.25, 0.3) is 10.0 Å². The quantitative estimate of drug-likeness (QED) is 0.380. The van der Waals surface area contributed by atoms with Crippen LogP contribution in [0.25, 0.3) is 11.0 Å². The first kappa shape index (κ1) is 22.1. The Morgan fingerprint density at radius 2 is 1.69 bits per heavy atom. The van der Waals surface area contributed by atoms with E-state index in [2.05, 4.69) is 34.4 Å². The van der Waals surface area contributed by atoms with Gasteiger partial charge in [0.15, 0.2) is 0 Å².